The maximum absolute atomic E-state index is 5.72. The summed E-state index contributed by atoms with van der Waals surface area (Å²) in [6.45, 7) is 2.63. The summed E-state index contributed by atoms with van der Waals surface area (Å²) in [5, 5.41) is 6.27. The molecular formula is C20H18BrN3OS2. The number of rotatable bonds is 5. The van der Waals surface area contributed by atoms with Crippen LogP contribution in [0.25, 0.3) is 0 Å². The molecule has 1 aromatic carbocycles. The number of hydrogen-bond acceptors (Lipinski definition) is 4. The van der Waals surface area contributed by atoms with Gasteiger partial charge in [-0.15, -0.1) is 11.3 Å². The molecular weight excluding hydrogens is 442 g/mol. The molecule has 0 radical (unpaired) electrons. The number of anilines is 1. The molecule has 1 aliphatic rings. The zero-order valence-electron chi connectivity index (χ0n) is 14.6. The van der Waals surface area contributed by atoms with Gasteiger partial charge in [0.1, 0.15) is 5.75 Å². The van der Waals surface area contributed by atoms with E-state index in [1.165, 1.54) is 4.88 Å². The molecule has 2 atom stereocenters. The van der Waals surface area contributed by atoms with Crippen molar-refractivity contribution in [3.05, 3.63) is 75.2 Å². The molecule has 138 valence electrons. The molecule has 3 heterocycles. The predicted molar refractivity (Wildman–Crippen MR) is 118 cm³/mol. The second-order valence-electron chi connectivity index (χ2n) is 6.09. The summed E-state index contributed by atoms with van der Waals surface area (Å²) < 4.78 is 6.65. The van der Waals surface area contributed by atoms with Crippen LogP contribution in [0, 0.1) is 0 Å². The summed E-state index contributed by atoms with van der Waals surface area (Å²) in [7, 11) is 0. The quantitative estimate of drug-likeness (QED) is 0.511. The number of benzene rings is 1. The molecule has 4 rings (SSSR count). The molecule has 0 bridgehead atoms. The van der Waals surface area contributed by atoms with E-state index in [0.717, 1.165) is 21.6 Å². The summed E-state index contributed by atoms with van der Waals surface area (Å²) >= 11 is 11.0. The van der Waals surface area contributed by atoms with Crippen LogP contribution in [0.3, 0.4) is 0 Å². The van der Waals surface area contributed by atoms with Crippen LogP contribution in [0.4, 0.5) is 5.69 Å². The van der Waals surface area contributed by atoms with Gasteiger partial charge in [0.15, 0.2) is 5.11 Å². The Morgan fingerprint density at radius 2 is 2.07 bits per heavy atom. The van der Waals surface area contributed by atoms with Crippen molar-refractivity contribution >= 4 is 50.3 Å². The number of ether oxygens (including phenoxy) is 1. The summed E-state index contributed by atoms with van der Waals surface area (Å²) in [5.41, 5.74) is 2.01. The number of hydrogen-bond donors (Lipinski definition) is 1. The first-order valence-electron chi connectivity index (χ1n) is 8.65. The van der Waals surface area contributed by atoms with E-state index >= 15 is 0 Å². The minimum atomic E-state index is -0.0178. The van der Waals surface area contributed by atoms with E-state index in [9.17, 15) is 0 Å². The number of pyridine rings is 1. The number of thiocarbonyl (C=S) groups is 1. The Labute approximate surface area is 176 Å². The molecule has 0 aliphatic carbocycles. The van der Waals surface area contributed by atoms with Crippen molar-refractivity contribution in [3.8, 4) is 5.75 Å². The van der Waals surface area contributed by atoms with Crippen LogP contribution in [0.5, 0.6) is 5.75 Å². The fourth-order valence-corrected chi connectivity index (χ4v) is 5.19. The van der Waals surface area contributed by atoms with Gasteiger partial charge in [-0.25, -0.2) is 0 Å². The Morgan fingerprint density at radius 1 is 1.26 bits per heavy atom. The molecule has 7 heteroatoms. The van der Waals surface area contributed by atoms with E-state index in [-0.39, 0.29) is 12.1 Å². The minimum Gasteiger partial charge on any atom is -0.494 e. The molecule has 0 amide bonds. The van der Waals surface area contributed by atoms with Crippen LogP contribution >= 0.6 is 39.5 Å². The van der Waals surface area contributed by atoms with E-state index < -0.39 is 0 Å². The maximum Gasteiger partial charge on any atom is 0.174 e. The van der Waals surface area contributed by atoms with Crippen molar-refractivity contribution in [2.24, 2.45) is 0 Å². The van der Waals surface area contributed by atoms with E-state index in [2.05, 4.69) is 54.7 Å². The highest BCUT2D eigenvalue weighted by atomic mass is 79.9. The summed E-state index contributed by atoms with van der Waals surface area (Å²) in [6, 6.07) is 16.2. The van der Waals surface area contributed by atoms with Crippen molar-refractivity contribution in [2.45, 2.75) is 19.0 Å². The van der Waals surface area contributed by atoms with Gasteiger partial charge in [-0.1, -0.05) is 6.07 Å². The Bertz CT molecular complexity index is 930. The zero-order valence-corrected chi connectivity index (χ0v) is 17.9. The van der Waals surface area contributed by atoms with Gasteiger partial charge in [0, 0.05) is 26.6 Å². The van der Waals surface area contributed by atoms with Crippen molar-refractivity contribution in [3.63, 3.8) is 0 Å². The monoisotopic (exact) mass is 459 g/mol. The van der Waals surface area contributed by atoms with E-state index in [1.54, 1.807) is 11.3 Å². The summed E-state index contributed by atoms with van der Waals surface area (Å²) in [4.78, 5) is 7.96. The summed E-state index contributed by atoms with van der Waals surface area (Å²) in [6.07, 6.45) is 1.82. The van der Waals surface area contributed by atoms with Gasteiger partial charge in [0.25, 0.3) is 0 Å². The summed E-state index contributed by atoms with van der Waals surface area (Å²) in [5.74, 6) is 0.857. The third-order valence-electron chi connectivity index (χ3n) is 4.40. The van der Waals surface area contributed by atoms with Crippen LogP contribution < -0.4 is 15.0 Å². The second kappa shape index (κ2) is 7.96. The van der Waals surface area contributed by atoms with Gasteiger partial charge in [0.2, 0.25) is 0 Å². The van der Waals surface area contributed by atoms with Crippen LogP contribution in [0.2, 0.25) is 0 Å². The molecule has 1 saturated heterocycles. The highest BCUT2D eigenvalue weighted by molar-refractivity contribution is 9.10. The maximum atomic E-state index is 5.72. The van der Waals surface area contributed by atoms with Gasteiger partial charge in [-0.3, -0.25) is 4.98 Å². The van der Waals surface area contributed by atoms with Gasteiger partial charge < -0.3 is 15.0 Å². The van der Waals surface area contributed by atoms with E-state index in [1.807, 2.05) is 43.5 Å². The number of nitrogens with one attached hydrogen (secondary N) is 1. The average molecular weight is 460 g/mol. The van der Waals surface area contributed by atoms with Crippen molar-refractivity contribution in [1.29, 1.82) is 0 Å². The van der Waals surface area contributed by atoms with Gasteiger partial charge in [0.05, 0.1) is 24.4 Å². The van der Waals surface area contributed by atoms with Crippen LogP contribution in [-0.2, 0) is 0 Å². The molecule has 1 aliphatic heterocycles. The Morgan fingerprint density at radius 3 is 2.70 bits per heavy atom. The number of halogens is 1. The lowest BCUT2D eigenvalue weighted by Gasteiger charge is -2.27. The van der Waals surface area contributed by atoms with Gasteiger partial charge in [-0.2, -0.15) is 0 Å². The largest absolute Gasteiger partial charge is 0.494 e. The Kier molecular flexibility index (Phi) is 5.43. The van der Waals surface area contributed by atoms with Gasteiger partial charge >= 0.3 is 0 Å². The first kappa shape index (κ1) is 18.4. The fourth-order valence-electron chi connectivity index (χ4n) is 3.27. The lowest BCUT2D eigenvalue weighted by molar-refractivity contribution is 0.340. The highest BCUT2D eigenvalue weighted by Gasteiger charge is 2.41. The van der Waals surface area contributed by atoms with Gasteiger partial charge in [-0.05, 0) is 77.5 Å². The predicted octanol–water partition coefficient (Wildman–Crippen LogP) is 5.48. The molecule has 27 heavy (non-hydrogen) atoms. The number of aromatic nitrogens is 1. The minimum absolute atomic E-state index is 0.0178. The second-order valence-corrected chi connectivity index (χ2v) is 8.34. The van der Waals surface area contributed by atoms with Crippen LogP contribution in [0.15, 0.2) is 64.6 Å². The lowest BCUT2D eigenvalue weighted by Crippen LogP contribution is -2.29. The third-order valence-corrected chi connectivity index (χ3v) is 6.48. The molecule has 2 aromatic heterocycles. The molecule has 1 N–H and O–H groups in total. The van der Waals surface area contributed by atoms with Crippen molar-refractivity contribution < 1.29 is 4.74 Å². The highest BCUT2D eigenvalue weighted by Crippen LogP contribution is 2.44. The Balaban J connectivity index is 1.75. The number of thiophene rings is 1. The van der Waals surface area contributed by atoms with E-state index in [4.69, 9.17) is 17.0 Å². The number of nitrogens with zero attached hydrogens (tertiary/aromatic N) is 2. The van der Waals surface area contributed by atoms with Crippen LogP contribution in [-0.4, -0.2) is 16.7 Å². The topological polar surface area (TPSA) is 37.4 Å². The molecule has 0 unspecified atom stereocenters. The average Bonchev–Trinajstić information content (AvgIpc) is 3.26. The van der Waals surface area contributed by atoms with Crippen molar-refractivity contribution in [1.82, 2.24) is 10.3 Å². The first-order chi connectivity index (χ1) is 13.2. The molecule has 0 saturated carbocycles. The molecule has 1 fully saturated rings. The molecule has 0 spiro atoms. The molecule has 4 nitrogen and oxygen atoms in total. The van der Waals surface area contributed by atoms with E-state index in [0.29, 0.717) is 11.7 Å². The smallest absolute Gasteiger partial charge is 0.174 e. The standard InChI is InChI=1S/C20H18BrN3OS2/c1-2-25-15-8-6-14(7-9-15)24-19(17-11-13(21)12-27-17)18(23-20(24)26)16-5-3-4-10-22-16/h3-12,18-19H,2H2,1H3,(H,23,26)/t18-,19+/m1/s1. The lowest BCUT2D eigenvalue weighted by atomic mass is 10.0. The normalized spacial score (nSPS) is 19.2. The Hall–Kier alpha value is -1.96. The first-order valence-corrected chi connectivity index (χ1v) is 10.7. The SMILES string of the molecule is CCOc1ccc(N2C(=S)N[C@H](c3ccccn3)[C@@H]2c2cc(Br)cs2)cc1. The molecule has 3 aromatic rings. The third kappa shape index (κ3) is 3.72. The fraction of sp³-hybridized carbons (Fsp3) is 0.200. The zero-order chi connectivity index (χ0) is 18.8. The van der Waals surface area contributed by atoms with Crippen molar-refractivity contribution in [2.75, 3.05) is 11.5 Å². The van der Waals surface area contributed by atoms with Crippen LogP contribution in [0.1, 0.15) is 29.6 Å².